The number of hydrogen-bond donors (Lipinski definition) is 2. The van der Waals surface area contributed by atoms with Crippen molar-refractivity contribution in [3.63, 3.8) is 0 Å². The van der Waals surface area contributed by atoms with Gasteiger partial charge in [-0.1, -0.05) is 66.5 Å². The third-order valence-electron chi connectivity index (χ3n) is 8.47. The molecule has 2 amide bonds. The van der Waals surface area contributed by atoms with Crippen molar-refractivity contribution in [3.8, 4) is 5.75 Å². The summed E-state index contributed by atoms with van der Waals surface area (Å²) >= 11 is 12.4. The number of nitrogens with zero attached hydrogens (tertiary/aromatic N) is 2. The monoisotopic (exact) mass is 683 g/mol. The maximum Gasteiger partial charge on any atom is 0.258 e. The Morgan fingerprint density at radius 3 is 2.53 bits per heavy atom. The van der Waals surface area contributed by atoms with Crippen LogP contribution in [0.5, 0.6) is 5.75 Å². The van der Waals surface area contributed by atoms with Gasteiger partial charge < -0.3 is 24.8 Å². The SMILES string of the molecule is C[C@@H]1CCCCO[C@@H](CN(C)Cc2ccc(Cl)c(Cl)c2)[C@H](C)CN([C@@H](C)CO)C(=O)c2cc(NC(=O)Cc3ccccc3)ccc2O1. The number of amides is 2. The van der Waals surface area contributed by atoms with Crippen LogP contribution in [0.4, 0.5) is 5.69 Å². The Labute approximate surface area is 288 Å². The van der Waals surface area contributed by atoms with Crippen molar-refractivity contribution in [2.75, 3.05) is 38.7 Å². The highest BCUT2D eigenvalue weighted by Gasteiger charge is 2.30. The number of ether oxygens (including phenoxy) is 2. The Morgan fingerprint density at radius 2 is 1.81 bits per heavy atom. The largest absolute Gasteiger partial charge is 0.490 e. The molecule has 254 valence electrons. The van der Waals surface area contributed by atoms with Gasteiger partial charge in [-0.25, -0.2) is 0 Å². The molecule has 1 aliphatic heterocycles. The third-order valence-corrected chi connectivity index (χ3v) is 9.21. The summed E-state index contributed by atoms with van der Waals surface area (Å²) in [7, 11) is 2.03. The lowest BCUT2D eigenvalue weighted by Crippen LogP contribution is -2.47. The Bertz CT molecular complexity index is 1470. The number of likely N-dealkylation sites (N-methyl/N-ethyl adjacent to an activating group) is 1. The fourth-order valence-electron chi connectivity index (χ4n) is 5.77. The molecule has 0 saturated carbocycles. The van der Waals surface area contributed by atoms with Crippen molar-refractivity contribution in [1.29, 1.82) is 0 Å². The summed E-state index contributed by atoms with van der Waals surface area (Å²) in [6.45, 7) is 7.92. The summed E-state index contributed by atoms with van der Waals surface area (Å²) < 4.78 is 12.8. The van der Waals surface area contributed by atoms with Gasteiger partial charge in [-0.05, 0) is 81.6 Å². The number of carbonyl (C=O) groups excluding carboxylic acids is 2. The summed E-state index contributed by atoms with van der Waals surface area (Å²) in [5, 5.41) is 14.2. The molecule has 4 rings (SSSR count). The summed E-state index contributed by atoms with van der Waals surface area (Å²) in [4.78, 5) is 31.1. The highest BCUT2D eigenvalue weighted by molar-refractivity contribution is 6.42. The van der Waals surface area contributed by atoms with E-state index in [1.807, 2.05) is 63.4 Å². The predicted octanol–water partition coefficient (Wildman–Crippen LogP) is 7.10. The first-order valence-corrected chi connectivity index (χ1v) is 17.1. The number of anilines is 1. The number of aliphatic hydroxyl groups is 1. The van der Waals surface area contributed by atoms with Crippen LogP contribution in [0.25, 0.3) is 0 Å². The van der Waals surface area contributed by atoms with E-state index in [0.29, 0.717) is 53.3 Å². The minimum Gasteiger partial charge on any atom is -0.490 e. The summed E-state index contributed by atoms with van der Waals surface area (Å²) in [6, 6.07) is 19.9. The van der Waals surface area contributed by atoms with Crippen LogP contribution < -0.4 is 10.1 Å². The van der Waals surface area contributed by atoms with Gasteiger partial charge in [0.25, 0.3) is 5.91 Å². The molecule has 3 aromatic rings. The first kappa shape index (κ1) is 36.7. The lowest BCUT2D eigenvalue weighted by atomic mass is 10.0. The summed E-state index contributed by atoms with van der Waals surface area (Å²) in [5.41, 5.74) is 2.78. The molecular formula is C37H47Cl2N3O5. The molecule has 0 radical (unpaired) electrons. The average Bonchev–Trinajstić information content (AvgIpc) is 3.04. The fraction of sp³-hybridized carbons (Fsp3) is 0.459. The van der Waals surface area contributed by atoms with Crippen molar-refractivity contribution in [1.82, 2.24) is 9.80 Å². The van der Waals surface area contributed by atoms with Gasteiger partial charge in [0.2, 0.25) is 5.91 Å². The number of hydrogen-bond acceptors (Lipinski definition) is 6. The van der Waals surface area contributed by atoms with Crippen LogP contribution in [0.1, 0.15) is 61.5 Å². The second-order valence-electron chi connectivity index (χ2n) is 12.7. The predicted molar refractivity (Wildman–Crippen MR) is 188 cm³/mol. The van der Waals surface area contributed by atoms with E-state index in [-0.39, 0.29) is 43.0 Å². The van der Waals surface area contributed by atoms with Crippen molar-refractivity contribution >= 4 is 40.7 Å². The number of carbonyl (C=O) groups is 2. The normalized spacial score (nSPS) is 20.2. The lowest BCUT2D eigenvalue weighted by Gasteiger charge is -2.36. The molecule has 1 heterocycles. The average molecular weight is 685 g/mol. The van der Waals surface area contributed by atoms with E-state index < -0.39 is 6.04 Å². The molecule has 0 unspecified atom stereocenters. The van der Waals surface area contributed by atoms with Crippen LogP contribution in [-0.2, 0) is 22.5 Å². The van der Waals surface area contributed by atoms with Crippen LogP contribution in [0.2, 0.25) is 10.0 Å². The molecule has 2 N–H and O–H groups in total. The fourth-order valence-corrected chi connectivity index (χ4v) is 6.09. The van der Waals surface area contributed by atoms with Crippen molar-refractivity contribution < 1.29 is 24.2 Å². The summed E-state index contributed by atoms with van der Waals surface area (Å²) in [6.07, 6.45) is 2.48. The van der Waals surface area contributed by atoms with E-state index in [4.69, 9.17) is 32.7 Å². The second kappa shape index (κ2) is 17.9. The van der Waals surface area contributed by atoms with Gasteiger partial charge in [-0.15, -0.1) is 0 Å². The number of benzene rings is 3. The molecule has 0 spiro atoms. The van der Waals surface area contributed by atoms with Crippen molar-refractivity contribution in [2.24, 2.45) is 5.92 Å². The van der Waals surface area contributed by atoms with Crippen LogP contribution in [0, 0.1) is 5.92 Å². The van der Waals surface area contributed by atoms with E-state index >= 15 is 0 Å². The van der Waals surface area contributed by atoms with Crippen LogP contribution in [-0.4, -0.2) is 78.3 Å². The molecule has 8 nitrogen and oxygen atoms in total. The Balaban J connectivity index is 1.58. The molecule has 0 saturated heterocycles. The third kappa shape index (κ3) is 10.9. The molecule has 0 aromatic heterocycles. The molecule has 47 heavy (non-hydrogen) atoms. The highest BCUT2D eigenvalue weighted by atomic mass is 35.5. The second-order valence-corrected chi connectivity index (χ2v) is 13.5. The number of aliphatic hydroxyl groups excluding tert-OH is 1. The maximum absolute atomic E-state index is 14.4. The van der Waals surface area contributed by atoms with E-state index in [0.717, 1.165) is 30.4 Å². The standard InChI is InChI=1S/C37H47Cl2N3O5/c1-25-21-42(26(2)24-43)37(45)31-20-30(40-36(44)19-28-11-6-5-7-12-28)14-16-34(31)47-27(3)10-8-9-17-46-35(25)23-41(4)22-29-13-15-32(38)33(39)18-29/h5-7,11-16,18,20,25-27,35,43H,8-10,17,19,21-24H2,1-4H3,(H,40,44)/t25-,26+,27-,35+/m1/s1. The minimum absolute atomic E-state index is 0.0656. The quantitative estimate of drug-likeness (QED) is 0.250. The van der Waals surface area contributed by atoms with E-state index in [9.17, 15) is 14.7 Å². The topological polar surface area (TPSA) is 91.3 Å². The van der Waals surface area contributed by atoms with Gasteiger partial charge in [0.1, 0.15) is 5.75 Å². The molecular weight excluding hydrogens is 637 g/mol. The molecule has 10 heteroatoms. The Hall–Kier alpha value is -3.14. The van der Waals surface area contributed by atoms with Gasteiger partial charge in [0.05, 0.1) is 46.9 Å². The molecule has 4 atom stereocenters. The minimum atomic E-state index is -0.464. The zero-order chi connectivity index (χ0) is 33.9. The molecule has 0 bridgehead atoms. The van der Waals surface area contributed by atoms with Gasteiger partial charge in [0, 0.05) is 37.8 Å². The van der Waals surface area contributed by atoms with E-state index in [2.05, 4.69) is 17.1 Å². The molecule has 3 aromatic carbocycles. The van der Waals surface area contributed by atoms with E-state index in [1.54, 1.807) is 29.2 Å². The lowest BCUT2D eigenvalue weighted by molar-refractivity contribution is -0.115. The van der Waals surface area contributed by atoms with Crippen molar-refractivity contribution in [2.45, 2.75) is 71.2 Å². The number of halogens is 2. The zero-order valence-electron chi connectivity index (χ0n) is 27.8. The van der Waals surface area contributed by atoms with Gasteiger partial charge in [-0.2, -0.15) is 0 Å². The smallest absolute Gasteiger partial charge is 0.258 e. The number of nitrogens with one attached hydrogen (secondary N) is 1. The van der Waals surface area contributed by atoms with Crippen molar-refractivity contribution in [3.05, 3.63) is 93.5 Å². The first-order valence-electron chi connectivity index (χ1n) is 16.3. The van der Waals surface area contributed by atoms with Gasteiger partial charge >= 0.3 is 0 Å². The van der Waals surface area contributed by atoms with Gasteiger partial charge in [-0.3, -0.25) is 14.5 Å². The zero-order valence-corrected chi connectivity index (χ0v) is 29.3. The van der Waals surface area contributed by atoms with Crippen LogP contribution in [0.15, 0.2) is 66.7 Å². The highest BCUT2D eigenvalue weighted by Crippen LogP contribution is 2.29. The molecule has 0 fully saturated rings. The number of fused-ring (bicyclic) bond motifs is 1. The summed E-state index contributed by atoms with van der Waals surface area (Å²) in [5.74, 6) is -0.0699. The van der Waals surface area contributed by atoms with E-state index in [1.165, 1.54) is 0 Å². The molecule has 0 aliphatic carbocycles. The maximum atomic E-state index is 14.4. The Morgan fingerprint density at radius 1 is 1.04 bits per heavy atom. The number of rotatable bonds is 9. The Kier molecular flexibility index (Phi) is 13.9. The first-order chi connectivity index (χ1) is 22.5. The van der Waals surface area contributed by atoms with Crippen LogP contribution in [0.3, 0.4) is 0 Å². The van der Waals surface area contributed by atoms with Gasteiger partial charge in [0.15, 0.2) is 0 Å². The molecule has 1 aliphatic rings. The van der Waals surface area contributed by atoms with Crippen LogP contribution >= 0.6 is 23.2 Å².